The van der Waals surface area contributed by atoms with Gasteiger partial charge in [-0.1, -0.05) is 17.7 Å². The van der Waals surface area contributed by atoms with E-state index < -0.39 is 5.97 Å². The number of aryl methyl sites for hydroxylation is 1. The van der Waals surface area contributed by atoms with E-state index in [1.807, 2.05) is 25.1 Å². The van der Waals surface area contributed by atoms with Gasteiger partial charge in [-0.3, -0.25) is 4.79 Å². The van der Waals surface area contributed by atoms with Crippen molar-refractivity contribution in [2.45, 2.75) is 6.92 Å². The van der Waals surface area contributed by atoms with Gasteiger partial charge in [0.15, 0.2) is 6.61 Å². The van der Waals surface area contributed by atoms with Crippen molar-refractivity contribution in [3.63, 3.8) is 0 Å². The molecular formula is C18H16ClNO4. The van der Waals surface area contributed by atoms with Gasteiger partial charge in [0, 0.05) is 5.02 Å². The Labute approximate surface area is 144 Å². The number of halogens is 1. The molecule has 0 atom stereocenters. The van der Waals surface area contributed by atoms with Crippen LogP contribution in [0.1, 0.15) is 15.9 Å². The molecule has 2 aromatic carbocycles. The van der Waals surface area contributed by atoms with Crippen molar-refractivity contribution < 1.29 is 19.1 Å². The van der Waals surface area contributed by atoms with E-state index in [9.17, 15) is 9.59 Å². The number of carbonyl (C=O) groups excluding carboxylic acids is 2. The molecule has 1 aliphatic heterocycles. The predicted molar refractivity (Wildman–Crippen MR) is 90.8 cm³/mol. The maximum atomic E-state index is 12.4. The molecule has 3 rings (SSSR count). The number of hydrogen-bond acceptors (Lipinski definition) is 4. The van der Waals surface area contributed by atoms with E-state index in [2.05, 4.69) is 0 Å². The third-order valence-corrected chi connectivity index (χ3v) is 3.94. The Morgan fingerprint density at radius 3 is 2.71 bits per heavy atom. The number of fused-ring (bicyclic) bond motifs is 1. The number of anilines is 1. The zero-order chi connectivity index (χ0) is 17.1. The van der Waals surface area contributed by atoms with E-state index >= 15 is 0 Å². The van der Waals surface area contributed by atoms with Crippen LogP contribution in [0.25, 0.3) is 0 Å². The van der Waals surface area contributed by atoms with Crippen LogP contribution in [0.4, 0.5) is 5.69 Å². The van der Waals surface area contributed by atoms with Crippen molar-refractivity contribution in [2.24, 2.45) is 0 Å². The smallest absolute Gasteiger partial charge is 0.338 e. The Morgan fingerprint density at radius 2 is 1.96 bits per heavy atom. The number of carbonyl (C=O) groups is 2. The van der Waals surface area contributed by atoms with E-state index in [1.165, 1.54) is 0 Å². The fourth-order valence-electron chi connectivity index (χ4n) is 2.46. The van der Waals surface area contributed by atoms with Crippen LogP contribution in [0.2, 0.25) is 5.02 Å². The van der Waals surface area contributed by atoms with Crippen molar-refractivity contribution in [3.8, 4) is 5.75 Å². The van der Waals surface area contributed by atoms with Crippen LogP contribution in [-0.2, 0) is 9.53 Å². The van der Waals surface area contributed by atoms with Crippen molar-refractivity contribution in [3.05, 3.63) is 58.6 Å². The van der Waals surface area contributed by atoms with Crippen molar-refractivity contribution in [2.75, 3.05) is 24.7 Å². The summed E-state index contributed by atoms with van der Waals surface area (Å²) in [7, 11) is 0. The summed E-state index contributed by atoms with van der Waals surface area (Å²) in [6.07, 6.45) is 0. The molecule has 2 aromatic rings. The number of nitrogens with zero attached hydrogens (tertiary/aromatic N) is 1. The monoisotopic (exact) mass is 345 g/mol. The number of amides is 1. The Morgan fingerprint density at radius 1 is 1.21 bits per heavy atom. The van der Waals surface area contributed by atoms with Gasteiger partial charge in [-0.25, -0.2) is 4.79 Å². The summed E-state index contributed by atoms with van der Waals surface area (Å²) < 4.78 is 10.7. The van der Waals surface area contributed by atoms with Gasteiger partial charge in [0.2, 0.25) is 0 Å². The summed E-state index contributed by atoms with van der Waals surface area (Å²) >= 11 is 5.78. The van der Waals surface area contributed by atoms with Gasteiger partial charge in [0.25, 0.3) is 5.91 Å². The average Bonchev–Trinajstić information content (AvgIpc) is 2.59. The van der Waals surface area contributed by atoms with Crippen LogP contribution in [0, 0.1) is 6.92 Å². The number of ether oxygens (including phenoxy) is 2. The fraction of sp³-hybridized carbons (Fsp3) is 0.222. The summed E-state index contributed by atoms with van der Waals surface area (Å²) in [5.74, 6) is -0.186. The van der Waals surface area contributed by atoms with Crippen LogP contribution in [0.5, 0.6) is 5.75 Å². The van der Waals surface area contributed by atoms with Crippen LogP contribution in [-0.4, -0.2) is 31.6 Å². The summed E-state index contributed by atoms with van der Waals surface area (Å²) in [6.45, 7) is 2.45. The van der Waals surface area contributed by atoms with Crippen LogP contribution >= 0.6 is 11.6 Å². The zero-order valence-corrected chi connectivity index (χ0v) is 13.9. The van der Waals surface area contributed by atoms with E-state index in [-0.39, 0.29) is 12.5 Å². The lowest BCUT2D eigenvalue weighted by atomic mass is 10.1. The molecule has 0 saturated heterocycles. The molecule has 0 bridgehead atoms. The summed E-state index contributed by atoms with van der Waals surface area (Å²) in [4.78, 5) is 26.0. The summed E-state index contributed by atoms with van der Waals surface area (Å²) in [6, 6.07) is 12.0. The Bertz CT molecular complexity index is 773. The molecular weight excluding hydrogens is 330 g/mol. The number of esters is 1. The van der Waals surface area contributed by atoms with Crippen molar-refractivity contribution in [1.82, 2.24) is 0 Å². The molecule has 1 amide bonds. The predicted octanol–water partition coefficient (Wildman–Crippen LogP) is 3.23. The van der Waals surface area contributed by atoms with E-state index in [1.54, 1.807) is 29.2 Å². The lowest BCUT2D eigenvalue weighted by Crippen LogP contribution is -2.40. The average molecular weight is 346 g/mol. The first kappa shape index (κ1) is 16.3. The second kappa shape index (κ2) is 6.93. The van der Waals surface area contributed by atoms with Crippen molar-refractivity contribution in [1.29, 1.82) is 0 Å². The van der Waals surface area contributed by atoms with Crippen molar-refractivity contribution >= 4 is 29.2 Å². The van der Waals surface area contributed by atoms with Crippen LogP contribution in [0.3, 0.4) is 0 Å². The molecule has 0 unspecified atom stereocenters. The lowest BCUT2D eigenvalue weighted by Gasteiger charge is -2.29. The van der Waals surface area contributed by atoms with Gasteiger partial charge in [0.05, 0.1) is 17.8 Å². The minimum absolute atomic E-state index is 0.285. The molecule has 1 heterocycles. The Hall–Kier alpha value is -2.53. The molecule has 0 aromatic heterocycles. The molecule has 0 radical (unpaired) electrons. The van der Waals surface area contributed by atoms with E-state index in [0.29, 0.717) is 35.2 Å². The van der Waals surface area contributed by atoms with Gasteiger partial charge in [-0.2, -0.15) is 0 Å². The standard InChI is InChI=1S/C18H16ClNO4/c1-12-2-7-16-15(10-12)20(8-9-23-16)17(21)11-24-18(22)13-3-5-14(19)6-4-13/h2-7,10H,8-9,11H2,1H3. The highest BCUT2D eigenvalue weighted by atomic mass is 35.5. The maximum absolute atomic E-state index is 12.4. The minimum atomic E-state index is -0.558. The molecule has 6 heteroatoms. The molecule has 0 fully saturated rings. The molecule has 0 spiro atoms. The molecule has 0 saturated carbocycles. The van der Waals surface area contributed by atoms with Crippen LogP contribution < -0.4 is 9.64 Å². The molecule has 124 valence electrons. The second-order valence-corrected chi connectivity index (χ2v) is 5.88. The first-order chi connectivity index (χ1) is 11.5. The highest BCUT2D eigenvalue weighted by Gasteiger charge is 2.24. The Kier molecular flexibility index (Phi) is 4.71. The highest BCUT2D eigenvalue weighted by molar-refractivity contribution is 6.30. The highest BCUT2D eigenvalue weighted by Crippen LogP contribution is 2.32. The minimum Gasteiger partial charge on any atom is -0.490 e. The summed E-state index contributed by atoms with van der Waals surface area (Å²) in [5, 5.41) is 0.530. The van der Waals surface area contributed by atoms with Crippen LogP contribution in [0.15, 0.2) is 42.5 Å². The summed E-state index contributed by atoms with van der Waals surface area (Å²) in [5.41, 5.74) is 2.08. The SMILES string of the molecule is Cc1ccc2c(c1)N(C(=O)COC(=O)c1ccc(Cl)cc1)CCO2. The van der Waals surface area contributed by atoms with Gasteiger partial charge >= 0.3 is 5.97 Å². The number of hydrogen-bond donors (Lipinski definition) is 0. The fourth-order valence-corrected chi connectivity index (χ4v) is 2.59. The first-order valence-corrected chi connectivity index (χ1v) is 7.89. The number of benzene rings is 2. The largest absolute Gasteiger partial charge is 0.490 e. The molecule has 24 heavy (non-hydrogen) atoms. The third-order valence-electron chi connectivity index (χ3n) is 3.69. The Balaban J connectivity index is 1.67. The van der Waals surface area contributed by atoms with E-state index in [4.69, 9.17) is 21.1 Å². The molecule has 5 nitrogen and oxygen atoms in total. The first-order valence-electron chi connectivity index (χ1n) is 7.51. The molecule has 0 N–H and O–H groups in total. The lowest BCUT2D eigenvalue weighted by molar-refractivity contribution is -0.121. The van der Waals surface area contributed by atoms with E-state index in [0.717, 1.165) is 5.56 Å². The van der Waals surface area contributed by atoms with Gasteiger partial charge in [-0.15, -0.1) is 0 Å². The molecule has 1 aliphatic rings. The van der Waals surface area contributed by atoms with Gasteiger partial charge < -0.3 is 14.4 Å². The normalized spacial score (nSPS) is 13.0. The quantitative estimate of drug-likeness (QED) is 0.801. The maximum Gasteiger partial charge on any atom is 0.338 e. The zero-order valence-electron chi connectivity index (χ0n) is 13.1. The molecule has 0 aliphatic carbocycles. The third kappa shape index (κ3) is 3.51. The topological polar surface area (TPSA) is 55.8 Å². The second-order valence-electron chi connectivity index (χ2n) is 5.45. The van der Waals surface area contributed by atoms with Gasteiger partial charge in [0.1, 0.15) is 12.4 Å². The number of rotatable bonds is 3. The van der Waals surface area contributed by atoms with Gasteiger partial charge in [-0.05, 0) is 48.9 Å².